The van der Waals surface area contributed by atoms with Gasteiger partial charge in [0, 0.05) is 22.1 Å². The number of hydrogen-bond acceptors (Lipinski definition) is 8. The van der Waals surface area contributed by atoms with E-state index < -0.39 is 22.3 Å². The van der Waals surface area contributed by atoms with Crippen LogP contribution in [-0.4, -0.2) is 35.4 Å². The first kappa shape index (κ1) is 20.6. The molecule has 5 rings (SSSR count). The average Bonchev–Trinajstić information content (AvgIpc) is 3.27. The molecule has 0 amide bonds. The first-order valence-corrected chi connectivity index (χ1v) is 10.1. The molecular weight excluding hydrogens is 430 g/mol. The summed E-state index contributed by atoms with van der Waals surface area (Å²) in [5.74, 6) is -0.673. The normalized spacial score (nSPS) is 20.6. The van der Waals surface area contributed by atoms with Gasteiger partial charge in [0.15, 0.2) is 11.5 Å². The van der Waals surface area contributed by atoms with Crippen LogP contribution < -0.4 is 18.9 Å². The van der Waals surface area contributed by atoms with E-state index in [9.17, 15) is 20.0 Å². The maximum absolute atomic E-state index is 13.4. The number of phenolic OH excluding ortho intramolecular Hbond substituents is 1. The number of phenols is 1. The van der Waals surface area contributed by atoms with Gasteiger partial charge < -0.3 is 24.1 Å². The van der Waals surface area contributed by atoms with Gasteiger partial charge in [0.05, 0.1) is 19.4 Å². The summed E-state index contributed by atoms with van der Waals surface area (Å²) in [6.07, 6.45) is -0.379. The predicted octanol–water partition coefficient (Wildman–Crippen LogP) is 3.44. The summed E-state index contributed by atoms with van der Waals surface area (Å²) in [6, 6.07) is 16.1. The fourth-order valence-corrected chi connectivity index (χ4v) is 4.44. The predicted molar refractivity (Wildman–Crippen MR) is 115 cm³/mol. The summed E-state index contributed by atoms with van der Waals surface area (Å²) in [7, 11) is 1.52. The van der Waals surface area contributed by atoms with Gasteiger partial charge in [0.1, 0.15) is 17.2 Å². The molecule has 9 heteroatoms. The molecule has 33 heavy (non-hydrogen) atoms. The van der Waals surface area contributed by atoms with Crippen molar-refractivity contribution in [3.8, 4) is 28.7 Å². The van der Waals surface area contributed by atoms with E-state index in [4.69, 9.17) is 18.9 Å². The Morgan fingerprint density at radius 2 is 1.79 bits per heavy atom. The van der Waals surface area contributed by atoms with Gasteiger partial charge >= 0.3 is 11.5 Å². The van der Waals surface area contributed by atoms with Crippen molar-refractivity contribution in [1.29, 1.82) is 0 Å². The SMILES string of the molecule is COc1ccc([C@@H]2c3cc4c(cc3OC(=O)[C@@]2(Cc2ccccc2O)[N+](=O)[O-])OCO4)cc1. The van der Waals surface area contributed by atoms with Crippen molar-refractivity contribution in [3.63, 3.8) is 0 Å². The third-order valence-corrected chi connectivity index (χ3v) is 6.08. The number of para-hydroxylation sites is 1. The van der Waals surface area contributed by atoms with Crippen molar-refractivity contribution in [3.05, 3.63) is 87.5 Å². The van der Waals surface area contributed by atoms with E-state index in [-0.39, 0.29) is 30.3 Å². The zero-order valence-electron chi connectivity index (χ0n) is 17.5. The minimum absolute atomic E-state index is 0.00234. The maximum atomic E-state index is 13.4. The Bertz CT molecular complexity index is 1260. The van der Waals surface area contributed by atoms with Crippen LogP contribution in [0.4, 0.5) is 0 Å². The molecule has 3 aromatic rings. The van der Waals surface area contributed by atoms with E-state index in [1.807, 2.05) is 0 Å². The Balaban J connectivity index is 1.76. The lowest BCUT2D eigenvalue weighted by molar-refractivity contribution is -0.558. The lowest BCUT2D eigenvalue weighted by Gasteiger charge is -2.36. The highest BCUT2D eigenvalue weighted by Gasteiger charge is 2.63. The van der Waals surface area contributed by atoms with Gasteiger partial charge in [-0.1, -0.05) is 30.3 Å². The number of rotatable bonds is 5. The molecule has 2 heterocycles. The van der Waals surface area contributed by atoms with Gasteiger partial charge in [-0.05, 0) is 29.8 Å². The summed E-state index contributed by atoms with van der Waals surface area (Å²) in [4.78, 5) is 25.5. The first-order chi connectivity index (χ1) is 15.9. The van der Waals surface area contributed by atoms with Crippen molar-refractivity contribution in [2.24, 2.45) is 0 Å². The number of fused-ring (bicyclic) bond motifs is 2. The maximum Gasteiger partial charge on any atom is 0.391 e. The molecule has 1 N–H and O–H groups in total. The Hall–Kier alpha value is -4.27. The van der Waals surface area contributed by atoms with E-state index in [0.29, 0.717) is 28.4 Å². The minimum atomic E-state index is -2.24. The number of carbonyl (C=O) groups is 1. The van der Waals surface area contributed by atoms with Gasteiger partial charge in [-0.25, -0.2) is 4.79 Å². The van der Waals surface area contributed by atoms with E-state index in [1.54, 1.807) is 48.5 Å². The highest BCUT2D eigenvalue weighted by Crippen LogP contribution is 2.51. The average molecular weight is 449 g/mol. The molecule has 168 valence electrons. The molecule has 0 bridgehead atoms. The molecule has 0 spiro atoms. The van der Waals surface area contributed by atoms with Crippen LogP contribution in [0, 0.1) is 10.1 Å². The molecule has 0 saturated heterocycles. The number of hydrogen-bond donors (Lipinski definition) is 1. The molecule has 0 unspecified atom stereocenters. The fraction of sp³-hybridized carbons (Fsp3) is 0.208. The van der Waals surface area contributed by atoms with Gasteiger partial charge in [-0.15, -0.1) is 0 Å². The van der Waals surface area contributed by atoms with E-state index in [1.165, 1.54) is 19.2 Å². The number of nitrogens with zero attached hydrogens (tertiary/aromatic N) is 1. The van der Waals surface area contributed by atoms with Crippen LogP contribution in [0.3, 0.4) is 0 Å². The zero-order valence-corrected chi connectivity index (χ0v) is 17.5. The molecule has 2 aliphatic heterocycles. The van der Waals surface area contributed by atoms with Crippen LogP contribution in [0.1, 0.15) is 22.6 Å². The summed E-state index contributed by atoms with van der Waals surface area (Å²) >= 11 is 0. The smallest absolute Gasteiger partial charge is 0.391 e. The topological polar surface area (TPSA) is 117 Å². The number of methoxy groups -OCH3 is 1. The second kappa shape index (κ2) is 7.70. The highest BCUT2D eigenvalue weighted by atomic mass is 16.7. The van der Waals surface area contributed by atoms with Crippen molar-refractivity contribution in [2.75, 3.05) is 13.9 Å². The van der Waals surface area contributed by atoms with Crippen LogP contribution in [-0.2, 0) is 11.2 Å². The second-order valence-corrected chi connectivity index (χ2v) is 7.83. The third-order valence-electron chi connectivity index (χ3n) is 6.08. The number of nitro groups is 1. The van der Waals surface area contributed by atoms with Crippen LogP contribution in [0.5, 0.6) is 28.7 Å². The summed E-state index contributed by atoms with van der Waals surface area (Å²) in [5.41, 5.74) is -1.06. The van der Waals surface area contributed by atoms with Gasteiger partial charge in [-0.2, -0.15) is 0 Å². The van der Waals surface area contributed by atoms with Gasteiger partial charge in [-0.3, -0.25) is 10.1 Å². The Kier molecular flexibility index (Phi) is 4.81. The number of benzene rings is 3. The molecule has 3 aromatic carbocycles. The van der Waals surface area contributed by atoms with E-state index >= 15 is 0 Å². The quantitative estimate of drug-likeness (QED) is 0.272. The molecular formula is C24H19NO8. The number of ether oxygens (including phenoxy) is 4. The molecule has 0 aliphatic carbocycles. The summed E-state index contributed by atoms with van der Waals surface area (Å²) < 4.78 is 21.6. The summed E-state index contributed by atoms with van der Waals surface area (Å²) in [6.45, 7) is -0.00234. The van der Waals surface area contributed by atoms with E-state index in [0.717, 1.165) is 0 Å². The monoisotopic (exact) mass is 449 g/mol. The van der Waals surface area contributed by atoms with Crippen molar-refractivity contribution < 1.29 is 33.8 Å². The van der Waals surface area contributed by atoms with Crippen LogP contribution in [0.15, 0.2) is 60.7 Å². The number of carbonyl (C=O) groups excluding carboxylic acids is 1. The van der Waals surface area contributed by atoms with Crippen LogP contribution >= 0.6 is 0 Å². The van der Waals surface area contributed by atoms with Gasteiger partial charge in [0.25, 0.3) is 0 Å². The molecule has 9 nitrogen and oxygen atoms in total. The zero-order chi connectivity index (χ0) is 23.2. The largest absolute Gasteiger partial charge is 0.508 e. The highest BCUT2D eigenvalue weighted by molar-refractivity contribution is 5.88. The lowest BCUT2D eigenvalue weighted by Crippen LogP contribution is -2.57. The van der Waals surface area contributed by atoms with Crippen LogP contribution in [0.25, 0.3) is 0 Å². The lowest BCUT2D eigenvalue weighted by atomic mass is 9.70. The second-order valence-electron chi connectivity index (χ2n) is 7.83. The van der Waals surface area contributed by atoms with Crippen molar-refractivity contribution >= 4 is 5.97 Å². The number of esters is 1. The van der Waals surface area contributed by atoms with Gasteiger partial charge in [0.2, 0.25) is 6.79 Å². The number of aromatic hydroxyl groups is 1. The molecule has 2 atom stereocenters. The Labute approximate surface area is 188 Å². The molecule has 0 fully saturated rings. The Morgan fingerprint density at radius 3 is 2.45 bits per heavy atom. The standard InChI is InChI=1S/C24H19NO8/c1-30-16-8-6-14(7-9-16)22-17-10-20-21(32-13-31-20)11-19(17)33-23(27)24(22,25(28)29)12-15-4-2-3-5-18(15)26/h2-11,22,26H,12-13H2,1H3/t22-,24+/m1/s1. The Morgan fingerprint density at radius 1 is 1.09 bits per heavy atom. The minimum Gasteiger partial charge on any atom is -0.508 e. The van der Waals surface area contributed by atoms with Crippen molar-refractivity contribution in [1.82, 2.24) is 0 Å². The summed E-state index contributed by atoms with van der Waals surface area (Å²) in [5, 5.41) is 23.0. The fourth-order valence-electron chi connectivity index (χ4n) is 4.44. The molecule has 0 saturated carbocycles. The first-order valence-electron chi connectivity index (χ1n) is 10.1. The van der Waals surface area contributed by atoms with Crippen LogP contribution in [0.2, 0.25) is 0 Å². The third kappa shape index (κ3) is 3.20. The van der Waals surface area contributed by atoms with Crippen molar-refractivity contribution in [2.45, 2.75) is 17.9 Å². The van der Waals surface area contributed by atoms with E-state index in [2.05, 4.69) is 0 Å². The molecule has 2 aliphatic rings. The molecule has 0 radical (unpaired) electrons. The molecule has 0 aromatic heterocycles.